The predicted molar refractivity (Wildman–Crippen MR) is 93.4 cm³/mol. The van der Waals surface area contributed by atoms with Gasteiger partial charge in [0.25, 0.3) is 0 Å². The summed E-state index contributed by atoms with van der Waals surface area (Å²) in [5, 5.41) is 19.0. The number of imidazole rings is 1. The fraction of sp³-hybridized carbons (Fsp3) is 0.353. The van der Waals surface area contributed by atoms with Crippen molar-refractivity contribution in [2.45, 2.75) is 39.1 Å². The van der Waals surface area contributed by atoms with E-state index < -0.39 is 10.5 Å². The van der Waals surface area contributed by atoms with Crippen molar-refractivity contribution in [2.24, 2.45) is 0 Å². The monoisotopic (exact) mass is 370 g/mol. The van der Waals surface area contributed by atoms with Crippen molar-refractivity contribution in [2.75, 3.05) is 0 Å². The van der Waals surface area contributed by atoms with Crippen LogP contribution in [0.15, 0.2) is 36.7 Å². The Bertz CT molecular complexity index is 971. The van der Waals surface area contributed by atoms with Gasteiger partial charge >= 0.3 is 11.8 Å². The Morgan fingerprint density at radius 2 is 2.19 bits per heavy atom. The molecule has 0 radical (unpaired) electrons. The Kier molecular flexibility index (Phi) is 4.02. The number of hydrogen-bond donors (Lipinski definition) is 0. The highest BCUT2D eigenvalue weighted by Crippen LogP contribution is 2.31. The molecule has 1 aliphatic heterocycles. The number of hydrogen-bond acceptors (Lipinski definition) is 7. The van der Waals surface area contributed by atoms with Crippen LogP contribution in [0.4, 0.5) is 5.82 Å². The lowest BCUT2D eigenvalue weighted by atomic mass is 10.1. The summed E-state index contributed by atoms with van der Waals surface area (Å²) in [6.07, 6.45) is 3.18. The van der Waals surface area contributed by atoms with E-state index in [1.54, 1.807) is 15.4 Å². The summed E-state index contributed by atoms with van der Waals surface area (Å²) in [4.78, 5) is 14.1. The van der Waals surface area contributed by atoms with Crippen molar-refractivity contribution in [3.8, 4) is 11.8 Å². The molecule has 3 heterocycles. The van der Waals surface area contributed by atoms with E-state index in [2.05, 4.69) is 15.3 Å². The van der Waals surface area contributed by atoms with Gasteiger partial charge in [-0.25, -0.2) is 4.68 Å². The summed E-state index contributed by atoms with van der Waals surface area (Å²) < 4.78 is 14.9. The maximum atomic E-state index is 10.8. The number of nitro groups is 1. The quantitative estimate of drug-likeness (QED) is 0.483. The van der Waals surface area contributed by atoms with Crippen LogP contribution in [0.3, 0.4) is 0 Å². The van der Waals surface area contributed by atoms with E-state index in [0.29, 0.717) is 25.4 Å². The highest BCUT2D eigenvalue weighted by Gasteiger charge is 2.40. The molecule has 2 aromatic heterocycles. The average molecular weight is 370 g/mol. The van der Waals surface area contributed by atoms with E-state index in [1.807, 2.05) is 38.1 Å². The van der Waals surface area contributed by atoms with Gasteiger partial charge in [0.2, 0.25) is 0 Å². The molecule has 1 aliphatic rings. The summed E-state index contributed by atoms with van der Waals surface area (Å²) in [6, 6.07) is 8.02. The second-order valence-electron chi connectivity index (χ2n) is 6.78. The Morgan fingerprint density at radius 1 is 1.37 bits per heavy atom. The SMILES string of the molecule is Cc1ccccc1OCc1cn(CC2(C)Cn3cc([N+](=O)[O-])nc3O2)nn1. The Hall–Kier alpha value is -3.43. The minimum absolute atomic E-state index is 0.219. The second-order valence-corrected chi connectivity index (χ2v) is 6.78. The number of nitrogens with zero attached hydrogens (tertiary/aromatic N) is 6. The van der Waals surface area contributed by atoms with Crippen LogP contribution in [0, 0.1) is 17.0 Å². The van der Waals surface area contributed by atoms with E-state index in [4.69, 9.17) is 9.47 Å². The summed E-state index contributed by atoms with van der Waals surface area (Å²) >= 11 is 0. The van der Waals surface area contributed by atoms with Crippen molar-refractivity contribution in [3.63, 3.8) is 0 Å². The predicted octanol–water partition coefficient (Wildman–Crippen LogP) is 2.12. The molecule has 10 heteroatoms. The molecule has 0 aliphatic carbocycles. The minimum atomic E-state index is -0.612. The molecular weight excluding hydrogens is 352 g/mol. The van der Waals surface area contributed by atoms with Crippen LogP contribution in [0.5, 0.6) is 11.8 Å². The largest absolute Gasteiger partial charge is 0.487 e. The van der Waals surface area contributed by atoms with E-state index >= 15 is 0 Å². The van der Waals surface area contributed by atoms with Crippen LogP contribution in [-0.2, 0) is 19.7 Å². The Morgan fingerprint density at radius 3 is 2.93 bits per heavy atom. The minimum Gasteiger partial charge on any atom is -0.487 e. The van der Waals surface area contributed by atoms with Gasteiger partial charge in [0.1, 0.15) is 29.8 Å². The van der Waals surface area contributed by atoms with Gasteiger partial charge in [-0.2, -0.15) is 0 Å². The molecule has 0 amide bonds. The molecule has 0 bridgehead atoms. The van der Waals surface area contributed by atoms with Gasteiger partial charge in [0.05, 0.1) is 19.3 Å². The third-order valence-electron chi connectivity index (χ3n) is 4.31. The van der Waals surface area contributed by atoms with Crippen LogP contribution in [0.2, 0.25) is 0 Å². The normalized spacial score (nSPS) is 18.1. The average Bonchev–Trinajstić information content (AvgIpc) is 3.28. The van der Waals surface area contributed by atoms with Crippen LogP contribution in [0.25, 0.3) is 0 Å². The molecule has 0 saturated carbocycles. The Labute approximate surface area is 154 Å². The van der Waals surface area contributed by atoms with Crippen molar-refractivity contribution < 1.29 is 14.4 Å². The fourth-order valence-corrected chi connectivity index (χ4v) is 3.06. The first-order chi connectivity index (χ1) is 12.9. The zero-order chi connectivity index (χ0) is 19.0. The smallest absolute Gasteiger partial charge is 0.415 e. The van der Waals surface area contributed by atoms with E-state index in [9.17, 15) is 10.1 Å². The molecule has 3 aromatic rings. The first-order valence-corrected chi connectivity index (χ1v) is 8.40. The summed E-state index contributed by atoms with van der Waals surface area (Å²) in [6.45, 7) is 5.08. The lowest BCUT2D eigenvalue weighted by molar-refractivity contribution is -0.389. The van der Waals surface area contributed by atoms with E-state index in [1.165, 1.54) is 6.20 Å². The van der Waals surface area contributed by atoms with Crippen molar-refractivity contribution in [1.29, 1.82) is 0 Å². The van der Waals surface area contributed by atoms with Gasteiger partial charge in [-0.1, -0.05) is 23.4 Å². The van der Waals surface area contributed by atoms with Crippen molar-refractivity contribution in [1.82, 2.24) is 24.5 Å². The first kappa shape index (κ1) is 17.0. The molecular formula is C17H18N6O4. The molecule has 1 aromatic carbocycles. The number of para-hydroxylation sites is 1. The molecule has 1 unspecified atom stereocenters. The number of rotatable bonds is 6. The summed E-state index contributed by atoms with van der Waals surface area (Å²) in [5.74, 6) is 0.591. The zero-order valence-electron chi connectivity index (χ0n) is 14.9. The number of aryl methyl sites for hydroxylation is 1. The number of aromatic nitrogens is 5. The molecule has 4 rings (SSSR count). The highest BCUT2D eigenvalue weighted by molar-refractivity contribution is 5.31. The van der Waals surface area contributed by atoms with Gasteiger partial charge in [-0.15, -0.1) is 5.10 Å². The number of ether oxygens (including phenoxy) is 2. The van der Waals surface area contributed by atoms with Crippen molar-refractivity contribution >= 4 is 5.82 Å². The van der Waals surface area contributed by atoms with Crippen LogP contribution < -0.4 is 9.47 Å². The molecule has 0 N–H and O–H groups in total. The topological polar surface area (TPSA) is 110 Å². The molecule has 10 nitrogen and oxygen atoms in total. The van der Waals surface area contributed by atoms with Gasteiger partial charge in [0.15, 0.2) is 0 Å². The Balaban J connectivity index is 1.38. The van der Waals surface area contributed by atoms with Crippen molar-refractivity contribution in [3.05, 3.63) is 58.0 Å². The highest BCUT2D eigenvalue weighted by atomic mass is 16.6. The standard InChI is InChI=1S/C17H18N6O4/c1-12-5-3-4-6-14(12)26-9-13-7-22(20-19-13)11-17(2)10-21-8-15(23(24)25)18-16(21)27-17/h3-8H,9-11H2,1-2H3. The summed E-state index contributed by atoms with van der Waals surface area (Å²) in [7, 11) is 0. The lowest BCUT2D eigenvalue weighted by Gasteiger charge is -2.21. The maximum Gasteiger partial charge on any atom is 0.415 e. The third-order valence-corrected chi connectivity index (χ3v) is 4.31. The third kappa shape index (κ3) is 3.46. The summed E-state index contributed by atoms with van der Waals surface area (Å²) in [5.41, 5.74) is 1.15. The molecule has 0 fully saturated rings. The molecule has 1 atom stereocenters. The lowest BCUT2D eigenvalue weighted by Crippen LogP contribution is -2.36. The van der Waals surface area contributed by atoms with Gasteiger partial charge in [0, 0.05) is 4.98 Å². The van der Waals surface area contributed by atoms with E-state index in [0.717, 1.165) is 11.3 Å². The van der Waals surface area contributed by atoms with E-state index in [-0.39, 0.29) is 11.8 Å². The van der Waals surface area contributed by atoms with Gasteiger partial charge < -0.3 is 19.6 Å². The molecule has 140 valence electrons. The van der Waals surface area contributed by atoms with Gasteiger partial charge in [-0.05, 0) is 30.4 Å². The maximum absolute atomic E-state index is 10.8. The molecule has 0 saturated heterocycles. The first-order valence-electron chi connectivity index (χ1n) is 8.40. The number of fused-ring (bicyclic) bond motifs is 1. The van der Waals surface area contributed by atoms with Crippen LogP contribution >= 0.6 is 0 Å². The zero-order valence-corrected chi connectivity index (χ0v) is 14.9. The second kappa shape index (κ2) is 6.38. The number of benzene rings is 1. The van der Waals surface area contributed by atoms with Crippen LogP contribution in [-0.4, -0.2) is 35.1 Å². The molecule has 0 spiro atoms. The fourth-order valence-electron chi connectivity index (χ4n) is 3.06. The van der Waals surface area contributed by atoms with Gasteiger partial charge in [-0.3, -0.25) is 4.57 Å². The van der Waals surface area contributed by atoms with Crippen LogP contribution in [0.1, 0.15) is 18.2 Å². The molecule has 27 heavy (non-hydrogen) atoms.